The zero-order chi connectivity index (χ0) is 13.5. The third-order valence-corrected chi connectivity index (χ3v) is 7.00. The number of aliphatic hydroxyl groups excluding tert-OH is 1. The van der Waals surface area contributed by atoms with Gasteiger partial charge in [0.2, 0.25) is 10.0 Å². The van der Waals surface area contributed by atoms with Crippen molar-refractivity contribution in [1.29, 1.82) is 0 Å². The van der Waals surface area contributed by atoms with Gasteiger partial charge in [-0.2, -0.15) is 0 Å². The first-order valence-electron chi connectivity index (χ1n) is 7.28. The first kappa shape index (κ1) is 13.8. The molecule has 6 heteroatoms. The number of hydrogen-bond donors (Lipinski definition) is 2. The number of rotatable bonds is 4. The lowest BCUT2D eigenvalue weighted by Gasteiger charge is -2.37. The Kier molecular flexibility index (Phi) is 3.62. The minimum atomic E-state index is -3.13. The van der Waals surface area contributed by atoms with E-state index in [1.165, 1.54) is 0 Å². The quantitative estimate of drug-likeness (QED) is 0.796. The molecule has 1 spiro atoms. The smallest absolute Gasteiger partial charge is 0.214 e. The van der Waals surface area contributed by atoms with E-state index in [2.05, 4.69) is 4.72 Å². The van der Waals surface area contributed by atoms with Crippen LogP contribution in [0.5, 0.6) is 0 Å². The largest absolute Gasteiger partial charge is 0.392 e. The maximum Gasteiger partial charge on any atom is 0.214 e. The van der Waals surface area contributed by atoms with Gasteiger partial charge in [0, 0.05) is 25.2 Å². The number of nitrogens with one attached hydrogen (secondary N) is 1. The predicted molar refractivity (Wildman–Crippen MR) is 71.2 cm³/mol. The van der Waals surface area contributed by atoms with Gasteiger partial charge in [-0.25, -0.2) is 13.1 Å². The molecule has 0 aromatic carbocycles. The van der Waals surface area contributed by atoms with Gasteiger partial charge in [0.05, 0.1) is 11.4 Å². The average molecular weight is 289 g/mol. The van der Waals surface area contributed by atoms with E-state index >= 15 is 0 Å². The van der Waals surface area contributed by atoms with E-state index in [1.807, 2.05) is 0 Å². The molecule has 0 bridgehead atoms. The third-order valence-electron chi connectivity index (χ3n) is 5.09. The summed E-state index contributed by atoms with van der Waals surface area (Å²) in [6, 6.07) is 0. The lowest BCUT2D eigenvalue weighted by molar-refractivity contribution is -0.0552. The van der Waals surface area contributed by atoms with Crippen LogP contribution in [0.3, 0.4) is 0 Å². The van der Waals surface area contributed by atoms with Gasteiger partial charge in [-0.1, -0.05) is 0 Å². The Labute approximate surface area is 114 Å². The molecule has 110 valence electrons. The predicted octanol–water partition coefficient (Wildman–Crippen LogP) is 0.636. The fraction of sp³-hybridized carbons (Fsp3) is 1.00. The Balaban J connectivity index is 1.58. The molecule has 3 aliphatic rings. The van der Waals surface area contributed by atoms with E-state index in [9.17, 15) is 13.5 Å². The van der Waals surface area contributed by atoms with Crippen molar-refractivity contribution in [3.63, 3.8) is 0 Å². The monoisotopic (exact) mass is 289 g/mol. The Bertz CT molecular complexity index is 426. The molecule has 2 saturated carbocycles. The number of ether oxygens (including phenoxy) is 1. The molecule has 1 heterocycles. The summed E-state index contributed by atoms with van der Waals surface area (Å²) in [5.74, 6) is 0.0617. The second kappa shape index (κ2) is 4.98. The van der Waals surface area contributed by atoms with Gasteiger partial charge in [-0.05, 0) is 44.4 Å². The molecule has 2 aliphatic carbocycles. The molecule has 2 atom stereocenters. The molecule has 2 N–H and O–H groups in total. The van der Waals surface area contributed by atoms with Gasteiger partial charge < -0.3 is 9.84 Å². The molecule has 0 aromatic rings. The molecule has 19 heavy (non-hydrogen) atoms. The molecule has 0 radical (unpaired) electrons. The van der Waals surface area contributed by atoms with Crippen molar-refractivity contribution in [2.75, 3.05) is 19.8 Å². The molecule has 3 fully saturated rings. The van der Waals surface area contributed by atoms with Crippen LogP contribution in [0.2, 0.25) is 0 Å². The number of aliphatic hydroxyl groups is 1. The van der Waals surface area contributed by atoms with Crippen LogP contribution >= 0.6 is 0 Å². The zero-order valence-corrected chi connectivity index (χ0v) is 12.0. The summed E-state index contributed by atoms with van der Waals surface area (Å²) < 4.78 is 31.7. The van der Waals surface area contributed by atoms with Crippen molar-refractivity contribution < 1.29 is 18.3 Å². The van der Waals surface area contributed by atoms with Crippen LogP contribution in [0, 0.1) is 11.3 Å². The third kappa shape index (κ3) is 2.68. The van der Waals surface area contributed by atoms with Crippen LogP contribution in [-0.4, -0.2) is 44.6 Å². The van der Waals surface area contributed by atoms with E-state index < -0.39 is 16.1 Å². The van der Waals surface area contributed by atoms with Crippen LogP contribution in [0.4, 0.5) is 0 Å². The molecule has 0 unspecified atom stereocenters. The summed E-state index contributed by atoms with van der Waals surface area (Å²) in [6.07, 6.45) is 4.88. The van der Waals surface area contributed by atoms with Crippen molar-refractivity contribution in [1.82, 2.24) is 4.72 Å². The Morgan fingerprint density at radius 2 is 1.84 bits per heavy atom. The molecule has 1 aliphatic heterocycles. The van der Waals surface area contributed by atoms with Gasteiger partial charge in [0.25, 0.3) is 0 Å². The highest BCUT2D eigenvalue weighted by atomic mass is 32.2. The summed E-state index contributed by atoms with van der Waals surface area (Å²) in [7, 11) is -3.13. The Morgan fingerprint density at radius 3 is 2.47 bits per heavy atom. The van der Waals surface area contributed by atoms with Gasteiger partial charge in [0.15, 0.2) is 0 Å². The highest BCUT2D eigenvalue weighted by Gasteiger charge is 2.48. The minimum absolute atomic E-state index is 0.0199. The SMILES string of the molecule is O=S(=O)(NC[C@@H]1CCC2(CCOCC2)[C@@H]1O)C1CC1. The summed E-state index contributed by atoms with van der Waals surface area (Å²) in [6.45, 7) is 1.83. The number of sulfonamides is 1. The lowest BCUT2D eigenvalue weighted by atomic mass is 9.76. The van der Waals surface area contributed by atoms with Gasteiger partial charge in [-0.3, -0.25) is 0 Å². The molecule has 0 amide bonds. The van der Waals surface area contributed by atoms with Crippen LogP contribution in [-0.2, 0) is 14.8 Å². The summed E-state index contributed by atoms with van der Waals surface area (Å²) in [5.41, 5.74) is -0.0199. The van der Waals surface area contributed by atoms with Crippen LogP contribution in [0.25, 0.3) is 0 Å². The van der Waals surface area contributed by atoms with Gasteiger partial charge >= 0.3 is 0 Å². The van der Waals surface area contributed by atoms with Gasteiger partial charge in [0.1, 0.15) is 0 Å². The summed E-state index contributed by atoms with van der Waals surface area (Å²) >= 11 is 0. The molecule has 5 nitrogen and oxygen atoms in total. The molecule has 3 rings (SSSR count). The van der Waals surface area contributed by atoms with E-state index in [1.54, 1.807) is 0 Å². The maximum atomic E-state index is 11.8. The summed E-state index contributed by atoms with van der Waals surface area (Å²) in [4.78, 5) is 0. The van der Waals surface area contributed by atoms with Crippen LogP contribution in [0.1, 0.15) is 38.5 Å². The van der Waals surface area contributed by atoms with Crippen molar-refractivity contribution in [2.24, 2.45) is 11.3 Å². The average Bonchev–Trinajstić information content (AvgIpc) is 3.20. The normalized spacial score (nSPS) is 34.8. The Hall–Kier alpha value is -0.170. The molecular weight excluding hydrogens is 266 g/mol. The highest BCUT2D eigenvalue weighted by Crippen LogP contribution is 2.48. The Morgan fingerprint density at radius 1 is 1.16 bits per heavy atom. The molecule has 1 saturated heterocycles. The minimum Gasteiger partial charge on any atom is -0.392 e. The molecule has 0 aromatic heterocycles. The van der Waals surface area contributed by atoms with E-state index in [0.29, 0.717) is 6.54 Å². The zero-order valence-electron chi connectivity index (χ0n) is 11.2. The maximum absolute atomic E-state index is 11.8. The second-order valence-electron chi connectivity index (χ2n) is 6.31. The fourth-order valence-electron chi connectivity index (χ4n) is 3.54. The van der Waals surface area contributed by atoms with Gasteiger partial charge in [-0.15, -0.1) is 0 Å². The van der Waals surface area contributed by atoms with E-state index in [0.717, 1.165) is 51.7 Å². The summed E-state index contributed by atoms with van der Waals surface area (Å²) in [5, 5.41) is 10.3. The first-order valence-corrected chi connectivity index (χ1v) is 8.82. The van der Waals surface area contributed by atoms with Crippen molar-refractivity contribution in [3.05, 3.63) is 0 Å². The van der Waals surface area contributed by atoms with Crippen LogP contribution < -0.4 is 4.72 Å². The van der Waals surface area contributed by atoms with E-state index in [4.69, 9.17) is 4.74 Å². The standard InChI is InChI=1S/C13H23NO4S/c15-12-10(9-14-19(16,17)11-1-2-11)3-4-13(12)5-7-18-8-6-13/h10-12,14-15H,1-9H2/t10-,12+/m0/s1. The fourth-order valence-corrected chi connectivity index (χ4v) is 4.97. The first-order chi connectivity index (χ1) is 9.04. The molecular formula is C13H23NO4S. The van der Waals surface area contributed by atoms with Crippen molar-refractivity contribution in [3.8, 4) is 0 Å². The number of hydrogen-bond acceptors (Lipinski definition) is 4. The second-order valence-corrected chi connectivity index (χ2v) is 8.36. The van der Waals surface area contributed by atoms with E-state index in [-0.39, 0.29) is 16.6 Å². The van der Waals surface area contributed by atoms with Crippen LogP contribution in [0.15, 0.2) is 0 Å². The highest BCUT2D eigenvalue weighted by molar-refractivity contribution is 7.90. The van der Waals surface area contributed by atoms with Crippen molar-refractivity contribution in [2.45, 2.75) is 49.9 Å². The topological polar surface area (TPSA) is 75.6 Å². The van der Waals surface area contributed by atoms with Crippen molar-refractivity contribution >= 4 is 10.0 Å². The lowest BCUT2D eigenvalue weighted by Crippen LogP contribution is -2.42.